The summed E-state index contributed by atoms with van der Waals surface area (Å²) in [5.74, 6) is 2.00. The van der Waals surface area contributed by atoms with Crippen LogP contribution in [0.4, 0.5) is 0 Å². The Hall–Kier alpha value is -2.99. The van der Waals surface area contributed by atoms with Crippen molar-refractivity contribution in [2.75, 3.05) is 6.54 Å². The fourth-order valence-electron chi connectivity index (χ4n) is 4.01. The number of hydrogen-bond donors (Lipinski definition) is 0. The lowest BCUT2D eigenvalue weighted by Gasteiger charge is -2.22. The number of fused-ring (bicyclic) bond motifs is 1. The molecule has 1 aromatic carbocycles. The highest BCUT2D eigenvalue weighted by Gasteiger charge is 2.30. The molecule has 0 aliphatic carbocycles. The molecule has 5 rings (SSSR count). The lowest BCUT2D eigenvalue weighted by atomic mass is 10.2. The molecular formula is C21H21N5O. The fraction of sp³-hybridized carbons (Fsp3) is 0.286. The summed E-state index contributed by atoms with van der Waals surface area (Å²) in [5.41, 5.74) is 4.04. The van der Waals surface area contributed by atoms with Gasteiger partial charge in [0.2, 0.25) is 0 Å². The predicted molar refractivity (Wildman–Crippen MR) is 103 cm³/mol. The third-order valence-electron chi connectivity index (χ3n) is 5.36. The summed E-state index contributed by atoms with van der Waals surface area (Å²) >= 11 is 0. The standard InChI is InChI=1S/C21H21N5O/c1-25-19-8-3-2-7-17(19)23-21(25)20-9-5-11-26(20)14-16-12-18(24-27-16)15-6-4-10-22-13-15/h2-4,6-8,10,12-13,20H,5,9,11,14H2,1H3/t20-/m0/s1. The van der Waals surface area contributed by atoms with Crippen molar-refractivity contribution >= 4 is 11.0 Å². The molecule has 4 aromatic rings. The Balaban J connectivity index is 1.40. The monoisotopic (exact) mass is 359 g/mol. The number of rotatable bonds is 4. The molecule has 1 saturated heterocycles. The van der Waals surface area contributed by atoms with Gasteiger partial charge in [-0.2, -0.15) is 0 Å². The zero-order chi connectivity index (χ0) is 18.2. The lowest BCUT2D eigenvalue weighted by Crippen LogP contribution is -2.24. The van der Waals surface area contributed by atoms with E-state index in [0.717, 1.165) is 54.3 Å². The van der Waals surface area contributed by atoms with Crippen LogP contribution in [0.15, 0.2) is 59.4 Å². The van der Waals surface area contributed by atoms with Crippen LogP contribution >= 0.6 is 0 Å². The molecule has 0 amide bonds. The molecule has 1 aliphatic rings. The maximum atomic E-state index is 5.61. The molecule has 27 heavy (non-hydrogen) atoms. The highest BCUT2D eigenvalue weighted by Crippen LogP contribution is 2.34. The molecule has 136 valence electrons. The minimum absolute atomic E-state index is 0.300. The number of aromatic nitrogens is 4. The van der Waals surface area contributed by atoms with Crippen molar-refractivity contribution in [2.24, 2.45) is 7.05 Å². The molecule has 4 heterocycles. The molecule has 0 unspecified atom stereocenters. The quantitative estimate of drug-likeness (QED) is 0.552. The van der Waals surface area contributed by atoms with Gasteiger partial charge < -0.3 is 9.09 Å². The highest BCUT2D eigenvalue weighted by atomic mass is 16.5. The maximum Gasteiger partial charge on any atom is 0.151 e. The van der Waals surface area contributed by atoms with E-state index in [0.29, 0.717) is 6.04 Å². The van der Waals surface area contributed by atoms with Crippen molar-refractivity contribution in [1.82, 2.24) is 24.6 Å². The summed E-state index contributed by atoms with van der Waals surface area (Å²) in [4.78, 5) is 11.5. The molecular weight excluding hydrogens is 338 g/mol. The molecule has 0 saturated carbocycles. The van der Waals surface area contributed by atoms with E-state index >= 15 is 0 Å². The SMILES string of the molecule is Cn1c([C@@H]2CCCN2Cc2cc(-c3cccnc3)no2)nc2ccccc21. The van der Waals surface area contributed by atoms with Crippen LogP contribution in [0.3, 0.4) is 0 Å². The van der Waals surface area contributed by atoms with Crippen LogP contribution in [0.1, 0.15) is 30.5 Å². The van der Waals surface area contributed by atoms with Gasteiger partial charge in [-0.05, 0) is 43.7 Å². The van der Waals surface area contributed by atoms with Gasteiger partial charge in [-0.15, -0.1) is 0 Å². The first-order valence-electron chi connectivity index (χ1n) is 9.31. The number of imidazole rings is 1. The molecule has 0 N–H and O–H groups in total. The van der Waals surface area contributed by atoms with Crippen LogP contribution in [-0.4, -0.2) is 31.1 Å². The van der Waals surface area contributed by atoms with E-state index in [1.807, 2.05) is 24.3 Å². The average molecular weight is 359 g/mol. The van der Waals surface area contributed by atoms with Crippen molar-refractivity contribution in [3.8, 4) is 11.3 Å². The summed E-state index contributed by atoms with van der Waals surface area (Å²) in [6, 6.07) is 14.5. The first kappa shape index (κ1) is 16.2. The molecule has 1 aliphatic heterocycles. The molecule has 0 radical (unpaired) electrons. The summed E-state index contributed by atoms with van der Waals surface area (Å²) in [5, 5.41) is 4.22. The van der Waals surface area contributed by atoms with Gasteiger partial charge >= 0.3 is 0 Å². The average Bonchev–Trinajstić information content (AvgIpc) is 3.43. The summed E-state index contributed by atoms with van der Waals surface area (Å²) in [6.07, 6.45) is 5.84. The van der Waals surface area contributed by atoms with Gasteiger partial charge in [-0.1, -0.05) is 17.3 Å². The second-order valence-electron chi connectivity index (χ2n) is 7.07. The number of hydrogen-bond acceptors (Lipinski definition) is 5. The Bertz CT molecular complexity index is 1070. The van der Waals surface area contributed by atoms with E-state index in [4.69, 9.17) is 9.51 Å². The zero-order valence-corrected chi connectivity index (χ0v) is 15.2. The van der Waals surface area contributed by atoms with Crippen molar-refractivity contribution in [3.63, 3.8) is 0 Å². The normalized spacial score (nSPS) is 17.7. The second kappa shape index (κ2) is 6.63. The Kier molecular flexibility index (Phi) is 3.98. The van der Waals surface area contributed by atoms with Gasteiger partial charge in [0.05, 0.1) is 23.6 Å². The van der Waals surface area contributed by atoms with Crippen LogP contribution in [0.5, 0.6) is 0 Å². The third-order valence-corrected chi connectivity index (χ3v) is 5.36. The van der Waals surface area contributed by atoms with Crippen molar-refractivity contribution in [1.29, 1.82) is 0 Å². The maximum absolute atomic E-state index is 5.61. The smallest absolute Gasteiger partial charge is 0.151 e. The van der Waals surface area contributed by atoms with E-state index < -0.39 is 0 Å². The Morgan fingerprint density at radius 2 is 2.11 bits per heavy atom. The number of pyridine rings is 1. The zero-order valence-electron chi connectivity index (χ0n) is 15.2. The van der Waals surface area contributed by atoms with Gasteiger partial charge in [-0.3, -0.25) is 9.88 Å². The largest absolute Gasteiger partial charge is 0.359 e. The summed E-state index contributed by atoms with van der Waals surface area (Å²) in [7, 11) is 2.11. The molecule has 0 bridgehead atoms. The number of likely N-dealkylation sites (tertiary alicyclic amines) is 1. The molecule has 1 fully saturated rings. The third kappa shape index (κ3) is 2.92. The lowest BCUT2D eigenvalue weighted by molar-refractivity contribution is 0.208. The van der Waals surface area contributed by atoms with Crippen LogP contribution in [0.2, 0.25) is 0 Å². The van der Waals surface area contributed by atoms with Gasteiger partial charge in [0.15, 0.2) is 5.76 Å². The van der Waals surface area contributed by atoms with E-state index in [2.05, 4.69) is 44.9 Å². The number of nitrogens with zero attached hydrogens (tertiary/aromatic N) is 5. The molecule has 1 atom stereocenters. The summed E-state index contributed by atoms with van der Waals surface area (Å²) in [6.45, 7) is 1.78. The first-order valence-corrected chi connectivity index (χ1v) is 9.31. The van der Waals surface area contributed by atoms with Crippen LogP contribution in [0.25, 0.3) is 22.3 Å². The highest BCUT2D eigenvalue weighted by molar-refractivity contribution is 5.75. The van der Waals surface area contributed by atoms with E-state index in [-0.39, 0.29) is 0 Å². The van der Waals surface area contributed by atoms with Gasteiger partial charge in [0, 0.05) is 31.1 Å². The fourth-order valence-corrected chi connectivity index (χ4v) is 4.01. The van der Waals surface area contributed by atoms with Crippen molar-refractivity contribution in [2.45, 2.75) is 25.4 Å². The van der Waals surface area contributed by atoms with E-state index in [1.165, 1.54) is 5.52 Å². The first-order chi connectivity index (χ1) is 13.3. The van der Waals surface area contributed by atoms with Gasteiger partial charge in [0.1, 0.15) is 11.5 Å². The Morgan fingerprint density at radius 3 is 2.96 bits per heavy atom. The van der Waals surface area contributed by atoms with Gasteiger partial charge in [-0.25, -0.2) is 4.98 Å². The minimum Gasteiger partial charge on any atom is -0.359 e. The Morgan fingerprint density at radius 1 is 1.19 bits per heavy atom. The molecule has 3 aromatic heterocycles. The summed E-state index contributed by atoms with van der Waals surface area (Å²) < 4.78 is 7.83. The van der Waals surface area contributed by atoms with Crippen molar-refractivity contribution < 1.29 is 4.52 Å². The number of benzene rings is 1. The number of para-hydroxylation sites is 2. The number of aryl methyl sites for hydroxylation is 1. The molecule has 0 spiro atoms. The topological polar surface area (TPSA) is 60.0 Å². The molecule has 6 heteroatoms. The minimum atomic E-state index is 0.300. The van der Waals surface area contributed by atoms with E-state index in [9.17, 15) is 0 Å². The van der Waals surface area contributed by atoms with Crippen LogP contribution in [0, 0.1) is 0 Å². The van der Waals surface area contributed by atoms with Crippen LogP contribution in [-0.2, 0) is 13.6 Å². The second-order valence-corrected chi connectivity index (χ2v) is 7.07. The van der Waals surface area contributed by atoms with Crippen molar-refractivity contribution in [3.05, 3.63) is 66.4 Å². The predicted octanol–water partition coefficient (Wildman–Crippen LogP) is 3.96. The van der Waals surface area contributed by atoms with Crippen LogP contribution < -0.4 is 0 Å². The molecule has 6 nitrogen and oxygen atoms in total. The van der Waals surface area contributed by atoms with E-state index in [1.54, 1.807) is 12.4 Å². The van der Waals surface area contributed by atoms with Gasteiger partial charge in [0.25, 0.3) is 0 Å². The Labute approximate surface area is 157 Å².